The zero-order valence-corrected chi connectivity index (χ0v) is 11.6. The lowest BCUT2D eigenvalue weighted by molar-refractivity contribution is 0.366. The number of nitrogens with two attached hydrogens (primary N) is 1. The standard InChI is InChI=1S/C10H14N6O2S/c1-10(2,3)16-8(7-4-5-12-13-6-7)14-15-9(16)19(11,17)18/h4-6H,1-3H3,(H2,11,17,18). The van der Waals surface area contributed by atoms with Crippen LogP contribution in [0.1, 0.15) is 20.8 Å². The van der Waals surface area contributed by atoms with Crippen molar-refractivity contribution in [3.8, 4) is 11.4 Å². The minimum Gasteiger partial charge on any atom is -0.291 e. The number of hydrogen-bond donors (Lipinski definition) is 1. The normalized spacial score (nSPS) is 12.6. The van der Waals surface area contributed by atoms with Crippen LogP contribution in [0.3, 0.4) is 0 Å². The van der Waals surface area contributed by atoms with Gasteiger partial charge in [-0.05, 0) is 26.8 Å². The lowest BCUT2D eigenvalue weighted by Gasteiger charge is -2.24. The van der Waals surface area contributed by atoms with Gasteiger partial charge in [0.2, 0.25) is 0 Å². The molecule has 0 atom stereocenters. The zero-order valence-electron chi connectivity index (χ0n) is 10.8. The van der Waals surface area contributed by atoms with E-state index in [4.69, 9.17) is 5.14 Å². The van der Waals surface area contributed by atoms with Crippen molar-refractivity contribution < 1.29 is 8.42 Å². The van der Waals surface area contributed by atoms with Crippen LogP contribution in [-0.2, 0) is 15.6 Å². The van der Waals surface area contributed by atoms with Crippen molar-refractivity contribution in [2.24, 2.45) is 5.14 Å². The van der Waals surface area contributed by atoms with Crippen molar-refractivity contribution in [1.82, 2.24) is 25.0 Å². The van der Waals surface area contributed by atoms with E-state index >= 15 is 0 Å². The highest BCUT2D eigenvalue weighted by Crippen LogP contribution is 2.26. The van der Waals surface area contributed by atoms with Crippen LogP contribution in [0.15, 0.2) is 23.6 Å². The summed E-state index contributed by atoms with van der Waals surface area (Å²) >= 11 is 0. The molecular formula is C10H14N6O2S. The van der Waals surface area contributed by atoms with E-state index in [1.54, 1.807) is 6.07 Å². The van der Waals surface area contributed by atoms with Crippen LogP contribution in [0.5, 0.6) is 0 Å². The first-order chi connectivity index (χ1) is 8.71. The summed E-state index contributed by atoms with van der Waals surface area (Å²) in [5.41, 5.74) is 0.0662. The van der Waals surface area contributed by atoms with E-state index in [0.717, 1.165) is 0 Å². The highest BCUT2D eigenvalue weighted by molar-refractivity contribution is 7.89. The second-order valence-electron chi connectivity index (χ2n) is 4.99. The number of hydrogen-bond acceptors (Lipinski definition) is 6. The van der Waals surface area contributed by atoms with Crippen molar-refractivity contribution in [3.63, 3.8) is 0 Å². The summed E-state index contributed by atoms with van der Waals surface area (Å²) in [6, 6.07) is 1.67. The number of sulfonamides is 1. The van der Waals surface area contributed by atoms with Crippen LogP contribution in [0, 0.1) is 0 Å². The summed E-state index contributed by atoms with van der Waals surface area (Å²) in [5.74, 6) is 0.381. The van der Waals surface area contributed by atoms with Crippen molar-refractivity contribution in [2.45, 2.75) is 31.5 Å². The van der Waals surface area contributed by atoms with E-state index in [9.17, 15) is 8.42 Å². The average Bonchev–Trinajstić information content (AvgIpc) is 2.74. The Bertz CT molecular complexity index is 687. The Balaban J connectivity index is 2.75. The molecular weight excluding hydrogens is 268 g/mol. The van der Waals surface area contributed by atoms with Gasteiger partial charge < -0.3 is 0 Å². The Morgan fingerprint density at radius 1 is 1.21 bits per heavy atom. The van der Waals surface area contributed by atoms with E-state index < -0.39 is 15.6 Å². The van der Waals surface area contributed by atoms with Gasteiger partial charge in [-0.1, -0.05) is 0 Å². The number of primary sulfonamides is 1. The fourth-order valence-electron chi connectivity index (χ4n) is 1.67. The molecule has 9 heteroatoms. The van der Waals surface area contributed by atoms with Gasteiger partial charge in [0.05, 0.1) is 12.4 Å². The lowest BCUT2D eigenvalue weighted by Crippen LogP contribution is -2.29. The molecule has 0 saturated carbocycles. The van der Waals surface area contributed by atoms with Crippen molar-refractivity contribution in [3.05, 3.63) is 18.5 Å². The molecule has 0 aliphatic carbocycles. The van der Waals surface area contributed by atoms with Crippen LogP contribution in [0.2, 0.25) is 0 Å². The molecule has 0 amide bonds. The maximum atomic E-state index is 11.6. The summed E-state index contributed by atoms with van der Waals surface area (Å²) < 4.78 is 24.6. The van der Waals surface area contributed by atoms with E-state index in [1.165, 1.54) is 17.0 Å². The smallest absolute Gasteiger partial charge is 0.273 e. The molecule has 0 saturated heterocycles. The van der Waals surface area contributed by atoms with Gasteiger partial charge in [-0.25, -0.2) is 13.6 Å². The van der Waals surface area contributed by atoms with E-state index in [0.29, 0.717) is 11.4 Å². The molecule has 102 valence electrons. The van der Waals surface area contributed by atoms with Crippen LogP contribution < -0.4 is 5.14 Å². The summed E-state index contributed by atoms with van der Waals surface area (Å²) in [5, 5.41) is 19.9. The van der Waals surface area contributed by atoms with Crippen LogP contribution >= 0.6 is 0 Å². The summed E-state index contributed by atoms with van der Waals surface area (Å²) in [6.07, 6.45) is 2.98. The van der Waals surface area contributed by atoms with E-state index in [2.05, 4.69) is 20.4 Å². The predicted molar refractivity (Wildman–Crippen MR) is 67.4 cm³/mol. The van der Waals surface area contributed by atoms with E-state index in [-0.39, 0.29) is 5.16 Å². The quantitative estimate of drug-likeness (QED) is 0.837. The first-order valence-electron chi connectivity index (χ1n) is 5.47. The molecule has 2 rings (SSSR count). The summed E-state index contributed by atoms with van der Waals surface area (Å²) in [4.78, 5) is 0. The number of nitrogens with zero attached hydrogens (tertiary/aromatic N) is 5. The Labute approximate surface area is 110 Å². The summed E-state index contributed by atoms with van der Waals surface area (Å²) in [6.45, 7) is 5.51. The first-order valence-corrected chi connectivity index (χ1v) is 7.01. The number of aromatic nitrogens is 5. The Kier molecular flexibility index (Phi) is 3.11. The predicted octanol–water partition coefficient (Wildman–Crippen LogP) is 0.138. The van der Waals surface area contributed by atoms with Gasteiger partial charge in [0.15, 0.2) is 5.82 Å². The first kappa shape index (κ1) is 13.6. The van der Waals surface area contributed by atoms with Gasteiger partial charge in [-0.3, -0.25) is 4.57 Å². The van der Waals surface area contributed by atoms with Crippen LogP contribution in [-0.4, -0.2) is 33.4 Å². The van der Waals surface area contributed by atoms with Gasteiger partial charge >= 0.3 is 0 Å². The minimum absolute atomic E-state index is 0.271. The van der Waals surface area contributed by atoms with Gasteiger partial charge in [0, 0.05) is 11.1 Å². The monoisotopic (exact) mass is 282 g/mol. The van der Waals surface area contributed by atoms with Crippen molar-refractivity contribution >= 4 is 10.0 Å². The molecule has 0 radical (unpaired) electrons. The van der Waals surface area contributed by atoms with Gasteiger partial charge in [0.1, 0.15) is 0 Å². The maximum absolute atomic E-state index is 11.6. The molecule has 0 fully saturated rings. The lowest BCUT2D eigenvalue weighted by atomic mass is 10.1. The minimum atomic E-state index is -3.95. The van der Waals surface area contributed by atoms with Gasteiger partial charge in [0.25, 0.3) is 15.2 Å². The molecule has 0 aliphatic heterocycles. The second kappa shape index (κ2) is 4.35. The molecule has 0 unspecified atom stereocenters. The van der Waals surface area contributed by atoms with Gasteiger partial charge in [-0.15, -0.1) is 10.2 Å². The number of rotatable bonds is 2. The highest BCUT2D eigenvalue weighted by Gasteiger charge is 2.29. The van der Waals surface area contributed by atoms with Gasteiger partial charge in [-0.2, -0.15) is 10.2 Å². The highest BCUT2D eigenvalue weighted by atomic mass is 32.2. The molecule has 2 aromatic rings. The third kappa shape index (κ3) is 2.61. The third-order valence-electron chi connectivity index (χ3n) is 2.40. The molecule has 8 nitrogen and oxygen atoms in total. The van der Waals surface area contributed by atoms with Crippen LogP contribution in [0.4, 0.5) is 0 Å². The Morgan fingerprint density at radius 2 is 1.89 bits per heavy atom. The van der Waals surface area contributed by atoms with Crippen molar-refractivity contribution in [2.75, 3.05) is 0 Å². The molecule has 19 heavy (non-hydrogen) atoms. The Morgan fingerprint density at radius 3 is 2.37 bits per heavy atom. The molecule has 0 aliphatic rings. The topological polar surface area (TPSA) is 117 Å². The van der Waals surface area contributed by atoms with Crippen molar-refractivity contribution in [1.29, 1.82) is 0 Å². The van der Waals surface area contributed by atoms with Crippen LogP contribution in [0.25, 0.3) is 11.4 Å². The fraction of sp³-hybridized carbons (Fsp3) is 0.400. The SMILES string of the molecule is CC(C)(C)n1c(-c2ccnnc2)nnc1S(N)(=O)=O. The molecule has 2 heterocycles. The van der Waals surface area contributed by atoms with E-state index in [1.807, 2.05) is 20.8 Å². The fourth-order valence-corrected chi connectivity index (χ4v) is 2.44. The average molecular weight is 282 g/mol. The Hall–Kier alpha value is -1.87. The second-order valence-corrected chi connectivity index (χ2v) is 6.44. The zero-order chi connectivity index (χ0) is 14.3. The molecule has 0 spiro atoms. The summed E-state index contributed by atoms with van der Waals surface area (Å²) in [7, 11) is -3.95. The molecule has 0 bridgehead atoms. The maximum Gasteiger partial charge on any atom is 0.273 e. The molecule has 2 aromatic heterocycles. The largest absolute Gasteiger partial charge is 0.291 e. The molecule has 0 aromatic carbocycles. The third-order valence-corrected chi connectivity index (χ3v) is 3.17. The molecule has 2 N–H and O–H groups in total.